The largest absolute Gasteiger partial charge is 0.514 e. The van der Waals surface area contributed by atoms with Crippen molar-refractivity contribution < 1.29 is 14.3 Å². The van der Waals surface area contributed by atoms with Crippen molar-refractivity contribution in [3.8, 4) is 5.75 Å². The highest BCUT2D eigenvalue weighted by Gasteiger charge is 2.18. The molecule has 0 N–H and O–H groups in total. The molecule has 0 fully saturated rings. The summed E-state index contributed by atoms with van der Waals surface area (Å²) >= 11 is 0. The zero-order chi connectivity index (χ0) is 13.8. The maximum atomic E-state index is 11.7. The predicted molar refractivity (Wildman–Crippen MR) is 69.0 cm³/mol. The summed E-state index contributed by atoms with van der Waals surface area (Å²) in [6.45, 7) is 7.17. The van der Waals surface area contributed by atoms with Crippen molar-refractivity contribution in [2.24, 2.45) is 0 Å². The summed E-state index contributed by atoms with van der Waals surface area (Å²) in [6.07, 6.45) is -0.0659. The molecular formula is C14H18O4. The molecule has 4 heteroatoms. The monoisotopic (exact) mass is 250 g/mol. The van der Waals surface area contributed by atoms with Crippen molar-refractivity contribution in [2.45, 2.75) is 39.7 Å². The van der Waals surface area contributed by atoms with Crippen LogP contribution in [0.2, 0.25) is 0 Å². The van der Waals surface area contributed by atoms with Crippen molar-refractivity contribution in [3.05, 3.63) is 40.1 Å². The molecule has 1 rings (SSSR count). The van der Waals surface area contributed by atoms with E-state index in [9.17, 15) is 9.59 Å². The molecule has 0 aliphatic heterocycles. The molecule has 98 valence electrons. The third kappa shape index (κ3) is 4.57. The van der Waals surface area contributed by atoms with Crippen LogP contribution in [-0.4, -0.2) is 11.8 Å². The normalized spacial score (nSPS) is 10.9. The zero-order valence-corrected chi connectivity index (χ0v) is 11.1. The van der Waals surface area contributed by atoms with Gasteiger partial charge in [0.15, 0.2) is 5.75 Å². The average Bonchev–Trinajstić information content (AvgIpc) is 2.40. The molecule has 0 aliphatic carbocycles. The van der Waals surface area contributed by atoms with Crippen LogP contribution in [0.15, 0.2) is 29.1 Å². The van der Waals surface area contributed by atoms with Gasteiger partial charge in [0.1, 0.15) is 5.60 Å². The van der Waals surface area contributed by atoms with E-state index in [0.29, 0.717) is 0 Å². The van der Waals surface area contributed by atoms with E-state index in [2.05, 4.69) is 0 Å². The van der Waals surface area contributed by atoms with Gasteiger partial charge in [0.25, 0.3) is 0 Å². The Hall–Kier alpha value is -1.84. The predicted octanol–water partition coefficient (Wildman–Crippen LogP) is 2.92. The van der Waals surface area contributed by atoms with Gasteiger partial charge in [0.05, 0.1) is 0 Å². The van der Waals surface area contributed by atoms with Gasteiger partial charge in [-0.2, -0.15) is 0 Å². The average molecular weight is 250 g/mol. The van der Waals surface area contributed by atoms with E-state index in [1.807, 2.05) is 6.92 Å². The van der Waals surface area contributed by atoms with Crippen LogP contribution in [-0.2, 0) is 11.2 Å². The Kier molecular flexibility index (Phi) is 4.48. The third-order valence-electron chi connectivity index (χ3n) is 2.13. The van der Waals surface area contributed by atoms with E-state index in [1.54, 1.807) is 32.9 Å². The maximum Gasteiger partial charge on any atom is 0.514 e. The van der Waals surface area contributed by atoms with Gasteiger partial charge in [0, 0.05) is 0 Å². The topological polar surface area (TPSA) is 52.6 Å². The van der Waals surface area contributed by atoms with E-state index in [4.69, 9.17) is 9.47 Å². The van der Waals surface area contributed by atoms with Gasteiger partial charge in [-0.1, -0.05) is 19.1 Å². The maximum absolute atomic E-state index is 11.7. The Morgan fingerprint density at radius 3 is 2.33 bits per heavy atom. The molecule has 0 radical (unpaired) electrons. The van der Waals surface area contributed by atoms with E-state index >= 15 is 0 Å². The molecular weight excluding hydrogens is 232 g/mol. The highest BCUT2D eigenvalue weighted by atomic mass is 16.7. The molecule has 0 heterocycles. The van der Waals surface area contributed by atoms with Crippen molar-refractivity contribution in [2.75, 3.05) is 0 Å². The number of aryl methyl sites for hydroxylation is 1. The first kappa shape index (κ1) is 14.2. The fourth-order valence-electron chi connectivity index (χ4n) is 1.27. The van der Waals surface area contributed by atoms with Crippen LogP contribution in [0.5, 0.6) is 5.75 Å². The van der Waals surface area contributed by atoms with Crippen LogP contribution in [0.25, 0.3) is 0 Å². The van der Waals surface area contributed by atoms with E-state index in [-0.39, 0.29) is 11.2 Å². The fraction of sp³-hybridized carbons (Fsp3) is 0.429. The van der Waals surface area contributed by atoms with Crippen LogP contribution in [0.4, 0.5) is 4.79 Å². The van der Waals surface area contributed by atoms with Crippen LogP contribution in [0, 0.1) is 0 Å². The second-order valence-corrected chi connectivity index (χ2v) is 4.89. The minimum absolute atomic E-state index is 0.0241. The Balaban J connectivity index is 2.89. The van der Waals surface area contributed by atoms with E-state index in [0.717, 1.165) is 12.0 Å². The summed E-state index contributed by atoms with van der Waals surface area (Å²) in [5.41, 5.74) is -0.00205. The Labute approximate surface area is 107 Å². The number of rotatable bonds is 2. The number of carbonyl (C=O) groups excluding carboxylic acids is 1. The van der Waals surface area contributed by atoms with Crippen molar-refractivity contribution >= 4 is 6.16 Å². The number of carbonyl (C=O) groups is 1. The molecule has 0 saturated carbocycles. The van der Waals surface area contributed by atoms with Gasteiger partial charge in [-0.3, -0.25) is 4.79 Å². The number of hydrogen-bond donors (Lipinski definition) is 0. The van der Waals surface area contributed by atoms with E-state index < -0.39 is 11.8 Å². The summed E-state index contributed by atoms with van der Waals surface area (Å²) in [6, 6.07) is 6.34. The van der Waals surface area contributed by atoms with Crippen molar-refractivity contribution in [1.82, 2.24) is 0 Å². The molecule has 0 amide bonds. The smallest absolute Gasteiger partial charge is 0.428 e. The first-order chi connectivity index (χ1) is 8.31. The highest BCUT2D eigenvalue weighted by Crippen LogP contribution is 2.11. The molecule has 0 saturated heterocycles. The Morgan fingerprint density at radius 1 is 1.17 bits per heavy atom. The summed E-state index contributed by atoms with van der Waals surface area (Å²) < 4.78 is 9.89. The zero-order valence-electron chi connectivity index (χ0n) is 11.1. The summed E-state index contributed by atoms with van der Waals surface area (Å²) in [5.74, 6) is -0.0241. The number of ether oxygens (including phenoxy) is 2. The second-order valence-electron chi connectivity index (χ2n) is 4.89. The van der Waals surface area contributed by atoms with Gasteiger partial charge in [-0.15, -0.1) is 0 Å². The van der Waals surface area contributed by atoms with Gasteiger partial charge >= 0.3 is 6.16 Å². The summed E-state index contributed by atoms with van der Waals surface area (Å²) in [4.78, 5) is 23.1. The molecule has 0 atom stereocenters. The molecule has 0 bridgehead atoms. The SMILES string of the molecule is CCc1ccc(OC(=O)OC(C)(C)C)c(=O)cc1. The molecule has 0 spiro atoms. The Morgan fingerprint density at radius 2 is 1.78 bits per heavy atom. The van der Waals surface area contributed by atoms with Gasteiger partial charge < -0.3 is 9.47 Å². The molecule has 1 aromatic carbocycles. The first-order valence-electron chi connectivity index (χ1n) is 5.86. The van der Waals surface area contributed by atoms with Crippen LogP contribution in [0.3, 0.4) is 0 Å². The Bertz CT molecular complexity index is 486. The minimum atomic E-state index is -0.871. The standard InChI is InChI=1S/C14H18O4/c1-5-10-6-8-11(15)12(9-7-10)17-13(16)18-14(2,3)4/h6-9H,5H2,1-4H3. The van der Waals surface area contributed by atoms with Gasteiger partial charge in [0.2, 0.25) is 5.43 Å². The van der Waals surface area contributed by atoms with Crippen LogP contribution >= 0.6 is 0 Å². The lowest BCUT2D eigenvalue weighted by Gasteiger charge is -2.18. The fourth-order valence-corrected chi connectivity index (χ4v) is 1.27. The van der Waals surface area contributed by atoms with Crippen LogP contribution in [0.1, 0.15) is 33.3 Å². The van der Waals surface area contributed by atoms with Gasteiger partial charge in [-0.25, -0.2) is 4.79 Å². The third-order valence-corrected chi connectivity index (χ3v) is 2.13. The van der Waals surface area contributed by atoms with Crippen molar-refractivity contribution in [1.29, 1.82) is 0 Å². The minimum Gasteiger partial charge on any atom is -0.428 e. The molecule has 0 aliphatic rings. The van der Waals surface area contributed by atoms with Gasteiger partial charge in [-0.05, 0) is 44.9 Å². The first-order valence-corrected chi connectivity index (χ1v) is 5.86. The summed E-state index contributed by atoms with van der Waals surface area (Å²) in [7, 11) is 0. The number of hydrogen-bond acceptors (Lipinski definition) is 4. The van der Waals surface area contributed by atoms with Crippen molar-refractivity contribution in [3.63, 3.8) is 0 Å². The molecule has 18 heavy (non-hydrogen) atoms. The summed E-state index contributed by atoms with van der Waals surface area (Å²) in [5, 5.41) is 0. The van der Waals surface area contributed by atoms with Crippen LogP contribution < -0.4 is 10.2 Å². The highest BCUT2D eigenvalue weighted by molar-refractivity contribution is 5.64. The quantitative estimate of drug-likeness (QED) is 0.757. The lowest BCUT2D eigenvalue weighted by molar-refractivity contribution is 0.0204. The molecule has 4 nitrogen and oxygen atoms in total. The second kappa shape index (κ2) is 5.67. The molecule has 1 aromatic rings. The lowest BCUT2D eigenvalue weighted by atomic mass is 10.2. The lowest BCUT2D eigenvalue weighted by Crippen LogP contribution is -2.26. The van der Waals surface area contributed by atoms with E-state index in [1.165, 1.54) is 12.1 Å². The molecule has 0 aromatic heterocycles. The molecule has 0 unspecified atom stereocenters.